The van der Waals surface area contributed by atoms with Crippen molar-refractivity contribution < 1.29 is 0 Å². The molecule has 1 nitrogen and oxygen atoms in total. The minimum atomic E-state index is 0.725. The molecule has 2 rings (SSSR count). The number of benzene rings is 1. The van der Waals surface area contributed by atoms with Crippen LogP contribution in [0.1, 0.15) is 44.6 Å². The van der Waals surface area contributed by atoms with E-state index in [9.17, 15) is 0 Å². The molecular formula is C18H27Cl2N. The lowest BCUT2D eigenvalue weighted by molar-refractivity contribution is 0.169. The molecule has 0 aliphatic heterocycles. The maximum Gasteiger partial charge on any atom is 0.0452 e. The van der Waals surface area contributed by atoms with Gasteiger partial charge in [-0.3, -0.25) is 0 Å². The van der Waals surface area contributed by atoms with Crippen molar-refractivity contribution >= 4 is 23.2 Å². The summed E-state index contributed by atoms with van der Waals surface area (Å²) in [7, 11) is 2.06. The Balaban J connectivity index is 2.07. The van der Waals surface area contributed by atoms with Gasteiger partial charge in [-0.15, -0.1) is 0 Å². The summed E-state index contributed by atoms with van der Waals surface area (Å²) in [5.41, 5.74) is 1.25. The summed E-state index contributed by atoms with van der Waals surface area (Å²) in [6.45, 7) is 3.42. The third kappa shape index (κ3) is 4.87. The standard InChI is InChI=1S/C18H27Cl2N/c1-3-4-13-5-6-15(12-21-2)16(9-13)10-14-7-8-17(19)11-18(14)20/h7-8,11,13,15-16,21H,3-6,9-10,12H2,1-2H3. The van der Waals surface area contributed by atoms with Crippen LogP contribution in [0.25, 0.3) is 0 Å². The SMILES string of the molecule is CCCC1CCC(CNC)C(Cc2ccc(Cl)cc2Cl)C1. The highest BCUT2D eigenvalue weighted by molar-refractivity contribution is 6.35. The average molecular weight is 328 g/mol. The second kappa shape index (κ2) is 8.41. The molecule has 1 fully saturated rings. The maximum absolute atomic E-state index is 6.37. The normalized spacial score (nSPS) is 26.0. The van der Waals surface area contributed by atoms with Gasteiger partial charge < -0.3 is 5.32 Å². The summed E-state index contributed by atoms with van der Waals surface area (Å²) >= 11 is 12.4. The highest BCUT2D eigenvalue weighted by Gasteiger charge is 2.30. The molecule has 3 unspecified atom stereocenters. The van der Waals surface area contributed by atoms with Crippen LogP contribution in [0.15, 0.2) is 18.2 Å². The molecule has 1 aliphatic carbocycles. The second-order valence-corrected chi connectivity index (χ2v) is 7.33. The van der Waals surface area contributed by atoms with Gasteiger partial charge in [0.15, 0.2) is 0 Å². The number of hydrogen-bond acceptors (Lipinski definition) is 1. The summed E-state index contributed by atoms with van der Waals surface area (Å²) < 4.78 is 0. The van der Waals surface area contributed by atoms with Gasteiger partial charge in [-0.1, -0.05) is 55.5 Å². The molecule has 1 aliphatic rings. The Morgan fingerprint density at radius 2 is 2.00 bits per heavy atom. The van der Waals surface area contributed by atoms with E-state index < -0.39 is 0 Å². The summed E-state index contributed by atoms with van der Waals surface area (Å²) in [4.78, 5) is 0. The third-order valence-corrected chi connectivity index (χ3v) is 5.50. The lowest BCUT2D eigenvalue weighted by atomic mass is 9.70. The second-order valence-electron chi connectivity index (χ2n) is 6.49. The van der Waals surface area contributed by atoms with Gasteiger partial charge >= 0.3 is 0 Å². The highest BCUT2D eigenvalue weighted by atomic mass is 35.5. The molecule has 1 aromatic carbocycles. The van der Waals surface area contributed by atoms with Crippen LogP contribution >= 0.6 is 23.2 Å². The fourth-order valence-corrected chi connectivity index (χ4v) is 4.33. The number of hydrogen-bond donors (Lipinski definition) is 1. The van der Waals surface area contributed by atoms with Crippen molar-refractivity contribution in [3.63, 3.8) is 0 Å². The summed E-state index contributed by atoms with van der Waals surface area (Å²) in [6.07, 6.45) is 7.85. The Morgan fingerprint density at radius 3 is 2.67 bits per heavy atom. The minimum Gasteiger partial charge on any atom is -0.319 e. The first-order valence-electron chi connectivity index (χ1n) is 8.22. The Bertz CT molecular complexity index is 447. The molecule has 0 spiro atoms. The third-order valence-electron chi connectivity index (χ3n) is 4.91. The van der Waals surface area contributed by atoms with Crippen molar-refractivity contribution in [2.75, 3.05) is 13.6 Å². The first-order chi connectivity index (χ1) is 10.1. The molecule has 0 amide bonds. The lowest BCUT2D eigenvalue weighted by Gasteiger charge is -2.36. The molecule has 3 heteroatoms. The maximum atomic E-state index is 6.37. The van der Waals surface area contributed by atoms with E-state index >= 15 is 0 Å². The van der Waals surface area contributed by atoms with E-state index in [0.717, 1.165) is 40.8 Å². The van der Waals surface area contributed by atoms with Gasteiger partial charge in [-0.2, -0.15) is 0 Å². The van der Waals surface area contributed by atoms with Crippen molar-refractivity contribution in [2.24, 2.45) is 17.8 Å². The van der Waals surface area contributed by atoms with E-state index in [-0.39, 0.29) is 0 Å². The molecular weight excluding hydrogens is 301 g/mol. The van der Waals surface area contributed by atoms with Crippen LogP contribution in [-0.2, 0) is 6.42 Å². The van der Waals surface area contributed by atoms with E-state index in [1.54, 1.807) is 0 Å². The number of rotatable bonds is 6. The highest BCUT2D eigenvalue weighted by Crippen LogP contribution is 2.38. The van der Waals surface area contributed by atoms with Gasteiger partial charge in [0.05, 0.1) is 0 Å². The first-order valence-corrected chi connectivity index (χ1v) is 8.98. The summed E-state index contributed by atoms with van der Waals surface area (Å²) in [6, 6.07) is 5.94. The quantitative estimate of drug-likeness (QED) is 0.718. The van der Waals surface area contributed by atoms with Crippen molar-refractivity contribution in [3.05, 3.63) is 33.8 Å². The van der Waals surface area contributed by atoms with Gasteiger partial charge in [0.25, 0.3) is 0 Å². The first kappa shape index (κ1) is 17.1. The fraction of sp³-hybridized carbons (Fsp3) is 0.667. The van der Waals surface area contributed by atoms with Gasteiger partial charge in [-0.05, 0) is 68.3 Å². The van der Waals surface area contributed by atoms with E-state index in [4.69, 9.17) is 23.2 Å². The van der Waals surface area contributed by atoms with Gasteiger partial charge in [-0.25, -0.2) is 0 Å². The van der Waals surface area contributed by atoms with Crippen molar-refractivity contribution in [2.45, 2.75) is 45.4 Å². The zero-order chi connectivity index (χ0) is 15.2. The van der Waals surface area contributed by atoms with Crippen LogP contribution in [0.5, 0.6) is 0 Å². The molecule has 0 heterocycles. The predicted molar refractivity (Wildman–Crippen MR) is 93.3 cm³/mol. The average Bonchev–Trinajstić information content (AvgIpc) is 2.45. The molecule has 1 aromatic rings. The topological polar surface area (TPSA) is 12.0 Å². The zero-order valence-electron chi connectivity index (χ0n) is 13.2. The van der Waals surface area contributed by atoms with E-state index in [1.807, 2.05) is 12.1 Å². The Hall–Kier alpha value is -0.240. The largest absolute Gasteiger partial charge is 0.319 e. The number of nitrogens with one attached hydrogen (secondary N) is 1. The van der Waals surface area contributed by atoms with Crippen LogP contribution < -0.4 is 5.32 Å². The van der Waals surface area contributed by atoms with Crippen LogP contribution in [0, 0.1) is 17.8 Å². The Labute approximate surface area is 139 Å². The predicted octanol–water partition coefficient (Wildman–Crippen LogP) is 5.59. The van der Waals surface area contributed by atoms with E-state index in [0.29, 0.717) is 0 Å². The minimum absolute atomic E-state index is 0.725. The van der Waals surface area contributed by atoms with E-state index in [1.165, 1.54) is 37.7 Å². The molecule has 3 atom stereocenters. The van der Waals surface area contributed by atoms with Crippen LogP contribution in [-0.4, -0.2) is 13.6 Å². The monoisotopic (exact) mass is 327 g/mol. The molecule has 1 saturated carbocycles. The van der Waals surface area contributed by atoms with Crippen LogP contribution in [0.2, 0.25) is 10.0 Å². The lowest BCUT2D eigenvalue weighted by Crippen LogP contribution is -2.33. The van der Waals surface area contributed by atoms with Gasteiger partial charge in [0.1, 0.15) is 0 Å². The molecule has 1 N–H and O–H groups in total. The molecule has 0 radical (unpaired) electrons. The molecule has 118 valence electrons. The smallest absolute Gasteiger partial charge is 0.0452 e. The molecule has 0 aromatic heterocycles. The zero-order valence-corrected chi connectivity index (χ0v) is 14.7. The number of halogens is 2. The Morgan fingerprint density at radius 1 is 1.19 bits per heavy atom. The van der Waals surface area contributed by atoms with Crippen LogP contribution in [0.3, 0.4) is 0 Å². The molecule has 0 bridgehead atoms. The van der Waals surface area contributed by atoms with Crippen LogP contribution in [0.4, 0.5) is 0 Å². The van der Waals surface area contributed by atoms with Crippen molar-refractivity contribution in [1.29, 1.82) is 0 Å². The fourth-order valence-electron chi connectivity index (χ4n) is 3.84. The van der Waals surface area contributed by atoms with Gasteiger partial charge in [0, 0.05) is 10.0 Å². The van der Waals surface area contributed by atoms with Gasteiger partial charge in [0.2, 0.25) is 0 Å². The van der Waals surface area contributed by atoms with Crippen molar-refractivity contribution in [1.82, 2.24) is 5.32 Å². The summed E-state index contributed by atoms with van der Waals surface area (Å²) in [5.74, 6) is 2.41. The van der Waals surface area contributed by atoms with E-state index in [2.05, 4.69) is 25.4 Å². The Kier molecular flexibility index (Phi) is 6.85. The molecule has 0 saturated heterocycles. The summed E-state index contributed by atoms with van der Waals surface area (Å²) in [5, 5.41) is 4.92. The van der Waals surface area contributed by atoms with Crippen molar-refractivity contribution in [3.8, 4) is 0 Å². The molecule has 21 heavy (non-hydrogen) atoms.